The van der Waals surface area contributed by atoms with Crippen molar-refractivity contribution in [3.8, 4) is 0 Å². The molecule has 1 aliphatic heterocycles. The fourth-order valence-corrected chi connectivity index (χ4v) is 2.48. The van der Waals surface area contributed by atoms with Crippen LogP contribution in [0.2, 0.25) is 0 Å². The minimum atomic E-state index is -2.40. The highest BCUT2D eigenvalue weighted by Gasteiger charge is 2.47. The van der Waals surface area contributed by atoms with E-state index in [1.165, 1.54) is 6.07 Å². The van der Waals surface area contributed by atoms with E-state index in [1.807, 2.05) is 0 Å². The molecule has 0 bridgehead atoms. The van der Waals surface area contributed by atoms with Crippen LogP contribution in [0.25, 0.3) is 0 Å². The summed E-state index contributed by atoms with van der Waals surface area (Å²) in [6, 6.07) is 1.20. The average Bonchev–Trinajstić information content (AvgIpc) is 2.66. The second-order valence-corrected chi connectivity index (χ2v) is 6.78. The summed E-state index contributed by atoms with van der Waals surface area (Å²) in [5, 5.41) is 9.88. The maximum atomic E-state index is 14.3. The van der Waals surface area contributed by atoms with Crippen LogP contribution in [0.1, 0.15) is 20.1 Å². The van der Waals surface area contributed by atoms with Crippen LogP contribution in [-0.4, -0.2) is 70.8 Å². The van der Waals surface area contributed by atoms with Gasteiger partial charge in [0.15, 0.2) is 24.4 Å². The van der Waals surface area contributed by atoms with Crippen LogP contribution in [0.4, 0.5) is 14.6 Å². The number of aromatic nitrogens is 2. The van der Waals surface area contributed by atoms with Gasteiger partial charge in [0.05, 0.1) is 0 Å². The first-order valence-corrected chi connectivity index (χ1v) is 8.84. The van der Waals surface area contributed by atoms with Gasteiger partial charge in [-0.15, -0.1) is 0 Å². The van der Waals surface area contributed by atoms with Crippen molar-refractivity contribution in [1.29, 1.82) is 0 Å². The van der Waals surface area contributed by atoms with Gasteiger partial charge in [0, 0.05) is 12.1 Å². The number of aliphatic hydroxyl groups excluding tert-OH is 1. The number of alkyl halides is 2. The number of nitrogens with zero attached hydrogens (tertiary/aromatic N) is 2. The summed E-state index contributed by atoms with van der Waals surface area (Å²) in [5.74, 6) is -1.47. The topological polar surface area (TPSA) is 143 Å². The second-order valence-electron chi connectivity index (χ2n) is 6.78. The molecule has 2 rings (SSSR count). The van der Waals surface area contributed by atoms with Gasteiger partial charge in [0.25, 0.3) is 0 Å². The van der Waals surface area contributed by atoms with Crippen molar-refractivity contribution in [2.45, 2.75) is 44.6 Å². The van der Waals surface area contributed by atoms with E-state index in [9.17, 15) is 28.3 Å². The first-order valence-electron chi connectivity index (χ1n) is 8.84. The van der Waals surface area contributed by atoms with Crippen molar-refractivity contribution in [3.63, 3.8) is 0 Å². The zero-order chi connectivity index (χ0) is 21.7. The van der Waals surface area contributed by atoms with Gasteiger partial charge in [-0.2, -0.15) is 4.98 Å². The zero-order valence-corrected chi connectivity index (χ0v) is 15.9. The fraction of sp³-hybridized carbons (Fsp3) is 0.647. The number of ketones is 1. The Morgan fingerprint density at radius 2 is 2.03 bits per heavy atom. The molecule has 0 radical (unpaired) electrons. The van der Waals surface area contributed by atoms with E-state index >= 15 is 0 Å². The summed E-state index contributed by atoms with van der Waals surface area (Å²) >= 11 is 0. The maximum Gasteiger partial charge on any atom is 0.351 e. The minimum Gasteiger partial charge on any atom is -0.461 e. The molecule has 0 saturated carbocycles. The van der Waals surface area contributed by atoms with E-state index in [0.717, 1.165) is 6.20 Å². The lowest BCUT2D eigenvalue weighted by molar-refractivity contribution is -0.224. The number of anilines is 1. The molecule has 10 nitrogen and oxygen atoms in total. The summed E-state index contributed by atoms with van der Waals surface area (Å²) in [7, 11) is 0. The van der Waals surface area contributed by atoms with Crippen LogP contribution in [0.3, 0.4) is 0 Å². The number of halogens is 2. The van der Waals surface area contributed by atoms with Gasteiger partial charge in [-0.3, -0.25) is 9.36 Å². The van der Waals surface area contributed by atoms with Crippen LogP contribution >= 0.6 is 0 Å². The largest absolute Gasteiger partial charge is 0.461 e. The third kappa shape index (κ3) is 5.78. The van der Waals surface area contributed by atoms with Crippen molar-refractivity contribution < 1.29 is 37.7 Å². The SMILES string of the molecule is CC(C)C(=O)COCC(=O)OC[C@H]1O[C@@H](n2ccc(N)nc2=O)C(F)[C@@H](F)[C@H]1O. The van der Waals surface area contributed by atoms with Crippen LogP contribution in [0, 0.1) is 5.92 Å². The molecule has 0 spiro atoms. The molecule has 1 fully saturated rings. The Labute approximate surface area is 164 Å². The Morgan fingerprint density at radius 1 is 1.34 bits per heavy atom. The number of nitrogen functional groups attached to an aromatic ring is 1. The first-order chi connectivity index (χ1) is 13.6. The van der Waals surface area contributed by atoms with Crippen LogP contribution in [-0.2, 0) is 23.8 Å². The number of Topliss-reactive ketones (excluding diaryl/α,β-unsaturated/α-hetero) is 1. The van der Waals surface area contributed by atoms with Gasteiger partial charge in [-0.25, -0.2) is 18.4 Å². The predicted molar refractivity (Wildman–Crippen MR) is 94.2 cm³/mol. The van der Waals surface area contributed by atoms with E-state index in [0.29, 0.717) is 4.57 Å². The van der Waals surface area contributed by atoms with E-state index in [1.54, 1.807) is 13.8 Å². The Balaban J connectivity index is 1.96. The average molecular weight is 419 g/mol. The normalized spacial score (nSPS) is 27.0. The first kappa shape index (κ1) is 22.8. The van der Waals surface area contributed by atoms with Gasteiger partial charge >= 0.3 is 11.7 Å². The molecule has 162 valence electrons. The summed E-state index contributed by atoms with van der Waals surface area (Å²) < 4.78 is 44.2. The Morgan fingerprint density at radius 3 is 2.66 bits per heavy atom. The maximum absolute atomic E-state index is 14.3. The molecule has 2 heterocycles. The van der Waals surface area contributed by atoms with Gasteiger partial charge in [-0.05, 0) is 6.07 Å². The summed E-state index contributed by atoms with van der Waals surface area (Å²) in [5.41, 5.74) is 4.39. The molecule has 0 amide bonds. The number of aliphatic hydroxyl groups is 1. The summed E-state index contributed by atoms with van der Waals surface area (Å²) in [4.78, 5) is 38.4. The van der Waals surface area contributed by atoms with E-state index in [4.69, 9.17) is 19.9 Å². The van der Waals surface area contributed by atoms with Crippen molar-refractivity contribution >= 4 is 17.6 Å². The van der Waals surface area contributed by atoms with Crippen molar-refractivity contribution in [2.75, 3.05) is 25.6 Å². The molecular weight excluding hydrogens is 396 g/mol. The molecule has 1 unspecified atom stereocenters. The zero-order valence-electron chi connectivity index (χ0n) is 15.9. The Hall–Kier alpha value is -2.44. The number of hydrogen-bond acceptors (Lipinski definition) is 9. The predicted octanol–water partition coefficient (Wildman–Crippen LogP) is -0.455. The standard InChI is InChI=1S/C17H23F2N3O7/c1-8(2)9(23)5-27-7-12(24)28-6-10-15(25)13(18)14(19)16(29-10)22-4-3-11(20)21-17(22)26/h3-4,8,10,13-16,25H,5-7H2,1-2H3,(H2,20,21,26)/t10-,13-,14?,15+,16-/m1/s1. The summed E-state index contributed by atoms with van der Waals surface area (Å²) in [6.07, 6.45) is -8.82. The number of hydrogen-bond donors (Lipinski definition) is 2. The lowest BCUT2D eigenvalue weighted by Crippen LogP contribution is -2.55. The monoisotopic (exact) mass is 419 g/mol. The quantitative estimate of drug-likeness (QED) is 0.535. The molecule has 12 heteroatoms. The van der Waals surface area contributed by atoms with Crippen molar-refractivity contribution in [2.24, 2.45) is 5.92 Å². The molecule has 0 aromatic carbocycles. The number of carbonyl (C=O) groups excluding carboxylic acids is 2. The molecule has 1 saturated heterocycles. The molecule has 1 aromatic rings. The molecule has 29 heavy (non-hydrogen) atoms. The van der Waals surface area contributed by atoms with Gasteiger partial charge in [0.2, 0.25) is 0 Å². The molecule has 1 aromatic heterocycles. The van der Waals surface area contributed by atoms with E-state index in [-0.39, 0.29) is 24.1 Å². The van der Waals surface area contributed by atoms with Crippen molar-refractivity contribution in [1.82, 2.24) is 9.55 Å². The Kier molecular flexibility index (Phi) is 7.76. The lowest BCUT2D eigenvalue weighted by Gasteiger charge is -2.38. The van der Waals surface area contributed by atoms with Gasteiger partial charge < -0.3 is 25.1 Å². The highest BCUT2D eigenvalue weighted by molar-refractivity contribution is 5.81. The molecule has 5 atom stereocenters. The third-order valence-corrected chi connectivity index (χ3v) is 4.24. The number of carbonyl (C=O) groups is 2. The smallest absolute Gasteiger partial charge is 0.351 e. The van der Waals surface area contributed by atoms with Gasteiger partial charge in [-0.1, -0.05) is 13.8 Å². The highest BCUT2D eigenvalue weighted by Crippen LogP contribution is 2.31. The number of nitrogens with two attached hydrogens (primary N) is 1. The third-order valence-electron chi connectivity index (χ3n) is 4.24. The van der Waals surface area contributed by atoms with Crippen LogP contribution in [0.5, 0.6) is 0 Å². The molecular formula is C17H23F2N3O7. The molecule has 3 N–H and O–H groups in total. The van der Waals surface area contributed by atoms with E-state index in [2.05, 4.69) is 4.98 Å². The lowest BCUT2D eigenvalue weighted by atomic mass is 10.0. The molecule has 1 aliphatic rings. The summed E-state index contributed by atoms with van der Waals surface area (Å²) in [6.45, 7) is 1.91. The minimum absolute atomic E-state index is 0.115. The fourth-order valence-electron chi connectivity index (χ4n) is 2.48. The Bertz CT molecular complexity index is 789. The van der Waals surface area contributed by atoms with Crippen molar-refractivity contribution in [3.05, 3.63) is 22.7 Å². The highest BCUT2D eigenvalue weighted by atomic mass is 19.2. The molecule has 0 aliphatic carbocycles. The second kappa shape index (κ2) is 9.85. The number of ether oxygens (including phenoxy) is 3. The number of esters is 1. The number of rotatable bonds is 8. The van der Waals surface area contributed by atoms with E-state index < -0.39 is 55.7 Å². The van der Waals surface area contributed by atoms with Gasteiger partial charge in [0.1, 0.15) is 37.8 Å². The van der Waals surface area contributed by atoms with Crippen LogP contribution in [0.15, 0.2) is 17.1 Å². The van der Waals surface area contributed by atoms with Crippen LogP contribution < -0.4 is 11.4 Å².